The van der Waals surface area contributed by atoms with Crippen molar-refractivity contribution in [2.45, 2.75) is 20.8 Å². The molecule has 0 unspecified atom stereocenters. The van der Waals surface area contributed by atoms with E-state index in [-0.39, 0.29) is 5.91 Å². The molecular weight excluding hydrogens is 334 g/mol. The Labute approximate surface area is 131 Å². The number of aryl methyl sites for hydroxylation is 2. The molecule has 0 saturated carbocycles. The Morgan fingerprint density at radius 1 is 1.24 bits per heavy atom. The molecule has 21 heavy (non-hydrogen) atoms. The first-order valence-corrected chi connectivity index (χ1v) is 7.36. The molecule has 0 atom stereocenters. The number of amides is 1. The minimum atomic E-state index is -0.207. The molecule has 0 saturated heterocycles. The fourth-order valence-electron chi connectivity index (χ4n) is 1.89. The second-order valence-corrected chi connectivity index (χ2v) is 5.27. The second kappa shape index (κ2) is 6.67. The molecule has 0 fully saturated rings. The minimum Gasteiger partial charge on any atom is -0.464 e. The van der Waals surface area contributed by atoms with E-state index >= 15 is 0 Å². The highest BCUT2D eigenvalue weighted by Gasteiger charge is 2.15. The molecule has 110 valence electrons. The Hall–Kier alpha value is -1.95. The summed E-state index contributed by atoms with van der Waals surface area (Å²) < 4.78 is 6.03. The van der Waals surface area contributed by atoms with Crippen LogP contribution in [0.5, 0.6) is 6.01 Å². The van der Waals surface area contributed by atoms with Crippen LogP contribution in [0.2, 0.25) is 0 Å². The van der Waals surface area contributed by atoms with Gasteiger partial charge in [0.2, 0.25) is 0 Å². The van der Waals surface area contributed by atoms with Crippen LogP contribution in [-0.2, 0) is 0 Å². The number of benzene rings is 1. The topological polar surface area (TPSA) is 64.1 Å². The SMILES string of the molecule is CCOc1nc(C)c(NC(=O)c2ccccc2Br)c(C)n1. The second-order valence-electron chi connectivity index (χ2n) is 4.42. The van der Waals surface area contributed by atoms with Gasteiger partial charge in [-0.3, -0.25) is 4.79 Å². The van der Waals surface area contributed by atoms with Crippen LogP contribution in [0.1, 0.15) is 28.7 Å². The van der Waals surface area contributed by atoms with Crippen molar-refractivity contribution >= 4 is 27.5 Å². The van der Waals surface area contributed by atoms with Crippen LogP contribution >= 0.6 is 15.9 Å². The Morgan fingerprint density at radius 3 is 2.43 bits per heavy atom. The van der Waals surface area contributed by atoms with Crippen molar-refractivity contribution in [1.82, 2.24) is 9.97 Å². The molecule has 0 aliphatic carbocycles. The third-order valence-corrected chi connectivity index (χ3v) is 3.57. The maximum Gasteiger partial charge on any atom is 0.316 e. The van der Waals surface area contributed by atoms with Gasteiger partial charge in [0.1, 0.15) is 0 Å². The van der Waals surface area contributed by atoms with Crippen molar-refractivity contribution in [2.24, 2.45) is 0 Å². The zero-order valence-electron chi connectivity index (χ0n) is 12.1. The van der Waals surface area contributed by atoms with E-state index in [1.165, 1.54) is 0 Å². The molecule has 0 aliphatic rings. The van der Waals surface area contributed by atoms with E-state index in [9.17, 15) is 4.79 Å². The van der Waals surface area contributed by atoms with Gasteiger partial charge in [0.05, 0.1) is 29.2 Å². The van der Waals surface area contributed by atoms with Gasteiger partial charge in [-0.15, -0.1) is 0 Å². The third-order valence-electron chi connectivity index (χ3n) is 2.88. The van der Waals surface area contributed by atoms with E-state index in [4.69, 9.17) is 4.74 Å². The Morgan fingerprint density at radius 2 is 1.86 bits per heavy atom. The summed E-state index contributed by atoms with van der Waals surface area (Å²) in [6.07, 6.45) is 0. The van der Waals surface area contributed by atoms with Crippen LogP contribution in [0.15, 0.2) is 28.7 Å². The predicted molar refractivity (Wildman–Crippen MR) is 84.8 cm³/mol. The van der Waals surface area contributed by atoms with Gasteiger partial charge in [-0.2, -0.15) is 9.97 Å². The number of nitrogens with one attached hydrogen (secondary N) is 1. The number of hydrogen-bond acceptors (Lipinski definition) is 4. The molecule has 1 aromatic carbocycles. The predicted octanol–water partition coefficient (Wildman–Crippen LogP) is 3.51. The first-order chi connectivity index (χ1) is 10.0. The molecule has 1 amide bonds. The largest absolute Gasteiger partial charge is 0.464 e. The van der Waals surface area contributed by atoms with Crippen molar-refractivity contribution in [3.63, 3.8) is 0 Å². The van der Waals surface area contributed by atoms with Crippen LogP contribution < -0.4 is 10.1 Å². The van der Waals surface area contributed by atoms with Gasteiger partial charge in [-0.05, 0) is 48.8 Å². The zero-order chi connectivity index (χ0) is 15.4. The van der Waals surface area contributed by atoms with Gasteiger partial charge in [0.15, 0.2) is 0 Å². The van der Waals surface area contributed by atoms with Gasteiger partial charge >= 0.3 is 6.01 Å². The lowest BCUT2D eigenvalue weighted by molar-refractivity contribution is 0.102. The molecule has 1 aromatic heterocycles. The Balaban J connectivity index is 2.28. The number of anilines is 1. The lowest BCUT2D eigenvalue weighted by Gasteiger charge is -2.12. The van der Waals surface area contributed by atoms with Gasteiger partial charge in [0, 0.05) is 4.47 Å². The van der Waals surface area contributed by atoms with Crippen molar-refractivity contribution < 1.29 is 9.53 Å². The van der Waals surface area contributed by atoms with E-state index in [1.54, 1.807) is 6.07 Å². The molecule has 2 aromatic rings. The van der Waals surface area contributed by atoms with E-state index < -0.39 is 0 Å². The Kier molecular flexibility index (Phi) is 4.90. The summed E-state index contributed by atoms with van der Waals surface area (Å²) in [5.74, 6) is -0.207. The summed E-state index contributed by atoms with van der Waals surface area (Å²) >= 11 is 3.37. The maximum atomic E-state index is 12.3. The van der Waals surface area contributed by atoms with E-state index in [0.717, 1.165) is 4.47 Å². The molecule has 0 radical (unpaired) electrons. The van der Waals surface area contributed by atoms with Gasteiger partial charge in [0.25, 0.3) is 5.91 Å². The monoisotopic (exact) mass is 349 g/mol. The quantitative estimate of drug-likeness (QED) is 0.917. The smallest absolute Gasteiger partial charge is 0.316 e. The number of carbonyl (C=O) groups is 1. The lowest BCUT2D eigenvalue weighted by atomic mass is 10.2. The summed E-state index contributed by atoms with van der Waals surface area (Å²) in [5, 5.41) is 2.86. The number of halogens is 1. The van der Waals surface area contributed by atoms with Gasteiger partial charge < -0.3 is 10.1 Å². The molecule has 0 spiro atoms. The summed E-state index contributed by atoms with van der Waals surface area (Å²) in [7, 11) is 0. The highest BCUT2D eigenvalue weighted by molar-refractivity contribution is 9.10. The summed E-state index contributed by atoms with van der Waals surface area (Å²) in [5.41, 5.74) is 2.52. The van der Waals surface area contributed by atoms with Gasteiger partial charge in [-0.1, -0.05) is 12.1 Å². The highest BCUT2D eigenvalue weighted by atomic mass is 79.9. The van der Waals surface area contributed by atoms with Crippen molar-refractivity contribution in [2.75, 3.05) is 11.9 Å². The highest BCUT2D eigenvalue weighted by Crippen LogP contribution is 2.22. The van der Waals surface area contributed by atoms with Crippen LogP contribution in [-0.4, -0.2) is 22.5 Å². The number of rotatable bonds is 4. The normalized spacial score (nSPS) is 10.3. The summed E-state index contributed by atoms with van der Waals surface area (Å²) in [4.78, 5) is 20.8. The minimum absolute atomic E-state index is 0.207. The first kappa shape index (κ1) is 15.4. The molecule has 6 heteroatoms. The van der Waals surface area contributed by atoms with E-state index in [0.29, 0.717) is 35.3 Å². The molecule has 0 bridgehead atoms. The van der Waals surface area contributed by atoms with Crippen LogP contribution in [0.3, 0.4) is 0 Å². The first-order valence-electron chi connectivity index (χ1n) is 6.56. The van der Waals surface area contributed by atoms with Crippen molar-refractivity contribution in [1.29, 1.82) is 0 Å². The average molecular weight is 350 g/mol. The number of nitrogens with zero attached hydrogens (tertiary/aromatic N) is 2. The van der Waals surface area contributed by atoms with E-state index in [2.05, 4.69) is 31.2 Å². The van der Waals surface area contributed by atoms with Crippen LogP contribution in [0, 0.1) is 13.8 Å². The average Bonchev–Trinajstić information content (AvgIpc) is 2.43. The lowest BCUT2D eigenvalue weighted by Crippen LogP contribution is -2.16. The maximum absolute atomic E-state index is 12.3. The summed E-state index contributed by atoms with van der Waals surface area (Å²) in [6.45, 7) is 6.00. The molecule has 1 heterocycles. The molecule has 1 N–H and O–H groups in total. The Bertz CT molecular complexity index is 651. The van der Waals surface area contributed by atoms with Crippen molar-refractivity contribution in [3.05, 3.63) is 45.7 Å². The fourth-order valence-corrected chi connectivity index (χ4v) is 2.35. The standard InChI is InChI=1S/C15H16BrN3O2/c1-4-21-15-17-9(2)13(10(3)18-15)19-14(20)11-7-5-6-8-12(11)16/h5-8H,4H2,1-3H3,(H,19,20). The number of ether oxygens (including phenoxy) is 1. The third kappa shape index (κ3) is 3.58. The number of carbonyl (C=O) groups excluding carboxylic acids is 1. The van der Waals surface area contributed by atoms with E-state index in [1.807, 2.05) is 39.0 Å². The van der Waals surface area contributed by atoms with Crippen LogP contribution in [0.25, 0.3) is 0 Å². The number of hydrogen-bond donors (Lipinski definition) is 1. The van der Waals surface area contributed by atoms with Crippen LogP contribution in [0.4, 0.5) is 5.69 Å². The fraction of sp³-hybridized carbons (Fsp3) is 0.267. The molecule has 0 aliphatic heterocycles. The molecular formula is C15H16BrN3O2. The summed E-state index contributed by atoms with van der Waals surface area (Å²) in [6, 6.07) is 7.57. The van der Waals surface area contributed by atoms with Crippen molar-refractivity contribution in [3.8, 4) is 6.01 Å². The molecule has 5 nitrogen and oxygen atoms in total. The van der Waals surface area contributed by atoms with Gasteiger partial charge in [-0.25, -0.2) is 0 Å². The number of aromatic nitrogens is 2. The zero-order valence-corrected chi connectivity index (χ0v) is 13.7. The molecule has 2 rings (SSSR count).